The molecule has 0 spiro atoms. The molecule has 14 N–H and O–H groups in total. The highest BCUT2D eigenvalue weighted by Gasteiger charge is 2.57. The Kier molecular flexibility index (Phi) is 12.7. The average Bonchev–Trinajstić information content (AvgIpc) is 2.68. The molecule has 0 aromatic heterocycles. The standard InChI is InChI=1S/C20H30N4O17/c21-17(1-9(25)26,2-10(27)28)19(5-13(33)34,6-14(35)36)23-41-24-20(7-15(37)38,8-16(39)40)18(22,3-11(29)30)4-12(31)32/h23-24H,1-8,21-22H2,(H,25,26)(H,27,28)(H,29,30)(H,31,32)(H,33,34)(H,35,36)(H,37,38)(H,39,40). The number of nitrogens with two attached hydrogens (primary N) is 2. The molecular weight excluding hydrogens is 568 g/mol. The molecule has 0 rings (SSSR count). The van der Waals surface area contributed by atoms with Crippen molar-refractivity contribution in [3.05, 3.63) is 0 Å². The minimum Gasteiger partial charge on any atom is -0.481 e. The van der Waals surface area contributed by atoms with Gasteiger partial charge in [0.15, 0.2) is 0 Å². The first-order chi connectivity index (χ1) is 18.5. The Balaban J connectivity index is 7.18. The van der Waals surface area contributed by atoms with Crippen molar-refractivity contribution in [3.8, 4) is 0 Å². The summed E-state index contributed by atoms with van der Waals surface area (Å²) in [4.78, 5) is 97.8. The first kappa shape index (κ1) is 36.6. The Morgan fingerprint density at radius 2 is 0.585 bits per heavy atom. The van der Waals surface area contributed by atoms with E-state index in [9.17, 15) is 79.2 Å². The largest absolute Gasteiger partial charge is 0.481 e. The lowest BCUT2D eigenvalue weighted by Crippen LogP contribution is -2.74. The Hall–Kier alpha value is -4.44. The molecule has 0 aromatic rings. The molecule has 0 saturated heterocycles. The van der Waals surface area contributed by atoms with E-state index in [1.54, 1.807) is 11.0 Å². The highest BCUT2D eigenvalue weighted by atomic mass is 16.8. The average molecular weight is 598 g/mol. The zero-order chi connectivity index (χ0) is 32.4. The van der Waals surface area contributed by atoms with E-state index >= 15 is 0 Å². The predicted molar refractivity (Wildman–Crippen MR) is 125 cm³/mol. The molecule has 0 radical (unpaired) electrons. The predicted octanol–water partition coefficient (Wildman–Crippen LogP) is -3.32. The van der Waals surface area contributed by atoms with Gasteiger partial charge in [0.2, 0.25) is 0 Å². The van der Waals surface area contributed by atoms with Gasteiger partial charge in [0.05, 0.1) is 73.5 Å². The van der Waals surface area contributed by atoms with Crippen molar-refractivity contribution < 1.29 is 84.1 Å². The van der Waals surface area contributed by atoms with Gasteiger partial charge in [-0.1, -0.05) is 0 Å². The van der Waals surface area contributed by atoms with Crippen molar-refractivity contribution in [1.82, 2.24) is 11.0 Å². The minimum absolute atomic E-state index is 1.38. The maximum atomic E-state index is 11.7. The van der Waals surface area contributed by atoms with E-state index in [0.29, 0.717) is 0 Å². The lowest BCUT2D eigenvalue weighted by Gasteiger charge is -2.48. The van der Waals surface area contributed by atoms with Crippen molar-refractivity contribution in [2.75, 3.05) is 0 Å². The number of nitrogens with one attached hydrogen (secondary N) is 2. The molecule has 0 atom stereocenters. The molecule has 0 amide bonds. The molecule has 0 saturated carbocycles. The quantitative estimate of drug-likeness (QED) is 0.0542. The Morgan fingerprint density at radius 3 is 0.732 bits per heavy atom. The molecule has 21 heteroatoms. The lowest BCUT2D eigenvalue weighted by molar-refractivity contribution is -0.185. The fraction of sp³-hybridized carbons (Fsp3) is 0.600. The summed E-state index contributed by atoms with van der Waals surface area (Å²) in [5.41, 5.74) is 4.15. The summed E-state index contributed by atoms with van der Waals surface area (Å²) in [5.74, 6) is -14.8. The molecule has 21 nitrogen and oxygen atoms in total. The smallest absolute Gasteiger partial charge is 0.305 e. The fourth-order valence-corrected chi connectivity index (χ4v) is 4.31. The number of hydrogen-bond donors (Lipinski definition) is 12. The zero-order valence-electron chi connectivity index (χ0n) is 21.1. The summed E-state index contributed by atoms with van der Waals surface area (Å²) in [5, 5.41) is 75.1. The highest BCUT2D eigenvalue weighted by molar-refractivity contribution is 5.79. The molecule has 0 bridgehead atoms. The monoisotopic (exact) mass is 598 g/mol. The summed E-state index contributed by atoms with van der Waals surface area (Å²) in [7, 11) is 0. The van der Waals surface area contributed by atoms with Crippen LogP contribution >= 0.6 is 0 Å². The van der Waals surface area contributed by atoms with Crippen LogP contribution in [0.4, 0.5) is 0 Å². The van der Waals surface area contributed by atoms with Crippen molar-refractivity contribution in [2.24, 2.45) is 11.5 Å². The maximum Gasteiger partial charge on any atom is 0.305 e. The van der Waals surface area contributed by atoms with E-state index in [4.69, 9.17) is 16.4 Å². The van der Waals surface area contributed by atoms with Gasteiger partial charge in [-0.15, -0.1) is 0 Å². The summed E-state index contributed by atoms with van der Waals surface area (Å²) < 4.78 is 0. The van der Waals surface area contributed by atoms with Crippen LogP contribution in [0.15, 0.2) is 0 Å². The SMILES string of the molecule is NC(CC(=O)O)(CC(=O)O)C(CC(=O)O)(CC(=O)O)NONC(CC(=O)O)(CC(=O)O)C(N)(CC(=O)O)CC(=O)O. The number of carboxylic acid groups (broad SMARTS) is 8. The topological polar surface area (TPSA) is 384 Å². The van der Waals surface area contributed by atoms with E-state index in [1.807, 2.05) is 0 Å². The Bertz CT molecular complexity index is 928. The van der Waals surface area contributed by atoms with Gasteiger partial charge < -0.3 is 52.3 Å². The van der Waals surface area contributed by atoms with Crippen LogP contribution in [0, 0.1) is 0 Å². The van der Waals surface area contributed by atoms with E-state index in [2.05, 4.69) is 0 Å². The molecule has 0 fully saturated rings. The van der Waals surface area contributed by atoms with Crippen molar-refractivity contribution in [2.45, 2.75) is 73.5 Å². The van der Waals surface area contributed by atoms with Crippen LogP contribution in [0.5, 0.6) is 0 Å². The van der Waals surface area contributed by atoms with Gasteiger partial charge in [-0.2, -0.15) is 11.0 Å². The molecule has 0 heterocycles. The van der Waals surface area contributed by atoms with Crippen LogP contribution in [0.3, 0.4) is 0 Å². The van der Waals surface area contributed by atoms with E-state index in [0.717, 1.165) is 0 Å². The first-order valence-corrected chi connectivity index (χ1v) is 11.1. The van der Waals surface area contributed by atoms with Crippen LogP contribution < -0.4 is 22.4 Å². The number of hydrogen-bond acceptors (Lipinski definition) is 13. The van der Waals surface area contributed by atoms with Gasteiger partial charge in [-0.05, 0) is 0 Å². The number of carbonyl (C=O) groups is 8. The molecule has 0 unspecified atom stereocenters. The molecule has 0 aliphatic heterocycles. The van der Waals surface area contributed by atoms with Gasteiger partial charge in [-0.3, -0.25) is 38.4 Å². The van der Waals surface area contributed by atoms with Gasteiger partial charge in [0.25, 0.3) is 0 Å². The highest BCUT2D eigenvalue weighted by Crippen LogP contribution is 2.36. The van der Waals surface area contributed by atoms with Crippen LogP contribution in [-0.2, 0) is 43.3 Å². The fourth-order valence-electron chi connectivity index (χ4n) is 4.31. The number of carboxylic acids is 8. The van der Waals surface area contributed by atoms with Crippen LogP contribution in [-0.4, -0.2) is 111 Å². The minimum atomic E-state index is -2.87. The second-order valence-electron chi connectivity index (χ2n) is 9.35. The number of aliphatic carboxylic acids is 8. The molecule has 0 aliphatic rings. The van der Waals surface area contributed by atoms with Crippen molar-refractivity contribution in [1.29, 1.82) is 0 Å². The number of rotatable bonds is 22. The normalized spacial score (nSPS) is 12.3. The molecule has 41 heavy (non-hydrogen) atoms. The zero-order valence-corrected chi connectivity index (χ0v) is 21.1. The Morgan fingerprint density at radius 1 is 0.415 bits per heavy atom. The second-order valence-corrected chi connectivity index (χ2v) is 9.35. The first-order valence-electron chi connectivity index (χ1n) is 11.1. The third kappa shape index (κ3) is 10.6. The summed E-state index contributed by atoms with van der Waals surface area (Å²) in [6, 6.07) is 0. The maximum absolute atomic E-state index is 11.7. The molecule has 0 aromatic carbocycles. The van der Waals surface area contributed by atoms with Crippen LogP contribution in [0.1, 0.15) is 51.4 Å². The van der Waals surface area contributed by atoms with Crippen LogP contribution in [0.2, 0.25) is 0 Å². The third-order valence-corrected chi connectivity index (χ3v) is 6.08. The van der Waals surface area contributed by atoms with Gasteiger partial charge in [-0.25, -0.2) is 4.94 Å². The summed E-state index contributed by atoms with van der Waals surface area (Å²) in [6.45, 7) is 0. The van der Waals surface area contributed by atoms with Crippen molar-refractivity contribution in [3.63, 3.8) is 0 Å². The summed E-state index contributed by atoms with van der Waals surface area (Å²) in [6.07, 6.45) is -11.4. The lowest BCUT2D eigenvalue weighted by atomic mass is 9.69. The summed E-state index contributed by atoms with van der Waals surface area (Å²) >= 11 is 0. The van der Waals surface area contributed by atoms with Gasteiger partial charge in [0, 0.05) is 0 Å². The number of hydroxylamine groups is 2. The molecule has 0 aliphatic carbocycles. The van der Waals surface area contributed by atoms with Gasteiger partial charge >= 0.3 is 47.8 Å². The van der Waals surface area contributed by atoms with Crippen molar-refractivity contribution >= 4 is 47.8 Å². The Labute approximate surface area is 228 Å². The second kappa shape index (κ2) is 14.3. The van der Waals surface area contributed by atoms with E-state index in [1.165, 1.54) is 0 Å². The molecular formula is C20H30N4O17. The van der Waals surface area contributed by atoms with E-state index < -0.39 is 121 Å². The van der Waals surface area contributed by atoms with Crippen LogP contribution in [0.25, 0.3) is 0 Å². The third-order valence-electron chi connectivity index (χ3n) is 6.08. The van der Waals surface area contributed by atoms with Gasteiger partial charge in [0.1, 0.15) is 0 Å². The molecule has 232 valence electrons. The van der Waals surface area contributed by atoms with E-state index in [-0.39, 0.29) is 0 Å².